The van der Waals surface area contributed by atoms with Crippen LogP contribution in [0.1, 0.15) is 52.5 Å². The Labute approximate surface area is 122 Å². The van der Waals surface area contributed by atoms with Gasteiger partial charge in [-0.15, -0.1) is 0 Å². The van der Waals surface area contributed by atoms with Crippen molar-refractivity contribution in [3.63, 3.8) is 0 Å². The van der Waals surface area contributed by atoms with Crippen LogP contribution in [0.4, 0.5) is 4.79 Å². The summed E-state index contributed by atoms with van der Waals surface area (Å²) >= 11 is 0. The van der Waals surface area contributed by atoms with Gasteiger partial charge in [-0.1, -0.05) is 44.2 Å². The van der Waals surface area contributed by atoms with Crippen molar-refractivity contribution >= 4 is 6.09 Å². The van der Waals surface area contributed by atoms with E-state index >= 15 is 0 Å². The number of amides is 1. The number of nitrogens with zero attached hydrogens (tertiary/aromatic N) is 1. The summed E-state index contributed by atoms with van der Waals surface area (Å²) < 4.78 is 5.39. The van der Waals surface area contributed by atoms with Gasteiger partial charge < -0.3 is 9.64 Å². The molecular weight excluding hydrogens is 250 g/mol. The van der Waals surface area contributed by atoms with Gasteiger partial charge in [0.25, 0.3) is 0 Å². The third-order valence-electron chi connectivity index (χ3n) is 3.11. The predicted octanol–water partition coefficient (Wildman–Crippen LogP) is 4.44. The van der Waals surface area contributed by atoms with E-state index in [1.165, 1.54) is 5.56 Å². The molecule has 1 aliphatic heterocycles. The van der Waals surface area contributed by atoms with Crippen LogP contribution in [0.5, 0.6) is 0 Å². The topological polar surface area (TPSA) is 29.5 Å². The Hall–Kier alpha value is -1.51. The monoisotopic (exact) mass is 277 g/mol. The molecule has 0 saturated carbocycles. The van der Waals surface area contributed by atoms with Crippen molar-refractivity contribution in [2.24, 2.45) is 0 Å². The van der Waals surface area contributed by atoms with Gasteiger partial charge in [-0.3, -0.25) is 0 Å². The molecule has 0 N–H and O–H groups in total. The van der Waals surface area contributed by atoms with Gasteiger partial charge in [-0.05, 0) is 32.8 Å². The molecule has 1 aromatic rings. The number of carbonyl (C=O) groups excluding carboxylic acids is 1. The molecule has 3 nitrogen and oxygen atoms in total. The summed E-state index contributed by atoms with van der Waals surface area (Å²) in [6.07, 6.45) is 0.824. The quantitative estimate of drug-likeness (QED) is 0.759. The van der Waals surface area contributed by atoms with Crippen LogP contribution in [0.2, 0.25) is 0 Å². The molecule has 1 aliphatic rings. The maximum absolute atomic E-state index is 11.9. The van der Waals surface area contributed by atoms with Gasteiger partial charge in [-0.25, -0.2) is 4.79 Å². The van der Waals surface area contributed by atoms with Crippen LogP contribution in [0.3, 0.4) is 0 Å². The summed E-state index contributed by atoms with van der Waals surface area (Å²) in [6.45, 7) is 11.2. The number of benzene rings is 1. The standard InChI is InChI=1S/C15H21NO2.C2H6/c1-15(2,3)18-14(17)16-10-9-13(11-16)12-7-5-4-6-8-12;1-2/h4-8,13H,9-11H2,1-3H3;1-2H3. The van der Waals surface area contributed by atoms with Crippen molar-refractivity contribution in [1.29, 1.82) is 0 Å². The van der Waals surface area contributed by atoms with Crippen LogP contribution in [-0.2, 0) is 4.74 Å². The fourth-order valence-electron chi connectivity index (χ4n) is 2.25. The highest BCUT2D eigenvalue weighted by Crippen LogP contribution is 2.27. The summed E-state index contributed by atoms with van der Waals surface area (Å²) in [5, 5.41) is 0. The van der Waals surface area contributed by atoms with E-state index in [4.69, 9.17) is 4.74 Å². The number of rotatable bonds is 1. The number of likely N-dealkylation sites (tertiary alicyclic amines) is 1. The Morgan fingerprint density at radius 3 is 2.35 bits per heavy atom. The Balaban J connectivity index is 0.000000956. The molecule has 0 spiro atoms. The summed E-state index contributed by atoms with van der Waals surface area (Å²) in [5.74, 6) is 0.443. The van der Waals surface area contributed by atoms with E-state index in [1.54, 1.807) is 0 Å². The fourth-order valence-corrected chi connectivity index (χ4v) is 2.25. The van der Waals surface area contributed by atoms with Crippen molar-refractivity contribution in [3.05, 3.63) is 35.9 Å². The smallest absolute Gasteiger partial charge is 0.410 e. The lowest BCUT2D eigenvalue weighted by molar-refractivity contribution is 0.0292. The number of ether oxygens (including phenoxy) is 1. The maximum Gasteiger partial charge on any atom is 0.410 e. The van der Waals surface area contributed by atoms with Crippen LogP contribution >= 0.6 is 0 Å². The third-order valence-corrected chi connectivity index (χ3v) is 3.11. The van der Waals surface area contributed by atoms with Gasteiger partial charge in [0.2, 0.25) is 0 Å². The summed E-state index contributed by atoms with van der Waals surface area (Å²) in [6, 6.07) is 10.4. The fraction of sp³-hybridized carbons (Fsp3) is 0.588. The highest BCUT2D eigenvalue weighted by molar-refractivity contribution is 5.68. The largest absolute Gasteiger partial charge is 0.444 e. The van der Waals surface area contributed by atoms with Crippen molar-refractivity contribution in [2.45, 2.75) is 52.6 Å². The second-order valence-electron chi connectivity index (χ2n) is 5.82. The minimum absolute atomic E-state index is 0.194. The van der Waals surface area contributed by atoms with Crippen molar-refractivity contribution in [2.75, 3.05) is 13.1 Å². The number of hydrogen-bond acceptors (Lipinski definition) is 2. The molecule has 20 heavy (non-hydrogen) atoms. The highest BCUT2D eigenvalue weighted by atomic mass is 16.6. The van der Waals surface area contributed by atoms with E-state index in [9.17, 15) is 4.79 Å². The van der Waals surface area contributed by atoms with E-state index < -0.39 is 5.60 Å². The van der Waals surface area contributed by atoms with Gasteiger partial charge in [0.1, 0.15) is 5.60 Å². The van der Waals surface area contributed by atoms with E-state index in [0.717, 1.165) is 19.5 Å². The molecule has 1 atom stereocenters. The summed E-state index contributed by atoms with van der Waals surface area (Å²) in [5.41, 5.74) is 0.894. The first-order valence-corrected chi connectivity index (χ1v) is 7.48. The zero-order valence-corrected chi connectivity index (χ0v) is 13.3. The average Bonchev–Trinajstić information content (AvgIpc) is 2.90. The first kappa shape index (κ1) is 16.5. The van der Waals surface area contributed by atoms with Crippen molar-refractivity contribution in [3.8, 4) is 0 Å². The predicted molar refractivity (Wildman–Crippen MR) is 83.0 cm³/mol. The Morgan fingerprint density at radius 1 is 1.20 bits per heavy atom. The van der Waals surface area contributed by atoms with Crippen LogP contribution in [0.15, 0.2) is 30.3 Å². The van der Waals surface area contributed by atoms with Crippen LogP contribution in [0.25, 0.3) is 0 Å². The van der Waals surface area contributed by atoms with Crippen LogP contribution in [0, 0.1) is 0 Å². The molecule has 1 saturated heterocycles. The normalized spacial score (nSPS) is 18.2. The van der Waals surface area contributed by atoms with Crippen LogP contribution in [-0.4, -0.2) is 29.7 Å². The van der Waals surface area contributed by atoms with Crippen molar-refractivity contribution in [1.82, 2.24) is 4.90 Å². The molecule has 0 aliphatic carbocycles. The first-order valence-electron chi connectivity index (χ1n) is 7.48. The maximum atomic E-state index is 11.9. The van der Waals surface area contributed by atoms with E-state index in [1.807, 2.05) is 57.7 Å². The lowest BCUT2D eigenvalue weighted by Crippen LogP contribution is -2.35. The lowest BCUT2D eigenvalue weighted by atomic mass is 9.99. The molecule has 3 heteroatoms. The average molecular weight is 277 g/mol. The zero-order valence-electron chi connectivity index (χ0n) is 13.3. The highest BCUT2D eigenvalue weighted by Gasteiger charge is 2.30. The van der Waals surface area contributed by atoms with Crippen LogP contribution < -0.4 is 0 Å². The first-order chi connectivity index (χ1) is 9.46. The minimum Gasteiger partial charge on any atom is -0.444 e. The molecule has 2 rings (SSSR count). The molecule has 1 aromatic carbocycles. The molecule has 0 aromatic heterocycles. The van der Waals surface area contributed by atoms with Crippen molar-refractivity contribution < 1.29 is 9.53 Å². The lowest BCUT2D eigenvalue weighted by Gasteiger charge is -2.24. The molecule has 0 bridgehead atoms. The molecule has 1 unspecified atom stereocenters. The van der Waals surface area contributed by atoms with Gasteiger partial charge in [0.05, 0.1) is 0 Å². The van der Waals surface area contributed by atoms with Gasteiger partial charge in [-0.2, -0.15) is 0 Å². The second-order valence-corrected chi connectivity index (χ2v) is 5.82. The van der Waals surface area contributed by atoms with Gasteiger partial charge in [0, 0.05) is 19.0 Å². The molecule has 1 heterocycles. The number of carbonyl (C=O) groups is 1. The molecule has 1 fully saturated rings. The molecular formula is C17H27NO2. The Bertz CT molecular complexity index is 409. The third kappa shape index (κ3) is 4.87. The van der Waals surface area contributed by atoms with Gasteiger partial charge >= 0.3 is 6.09 Å². The number of hydrogen-bond donors (Lipinski definition) is 0. The Morgan fingerprint density at radius 2 is 1.80 bits per heavy atom. The molecule has 0 radical (unpaired) electrons. The second kappa shape index (κ2) is 7.32. The minimum atomic E-state index is -0.415. The summed E-state index contributed by atoms with van der Waals surface area (Å²) in [4.78, 5) is 13.7. The summed E-state index contributed by atoms with van der Waals surface area (Å²) in [7, 11) is 0. The molecule has 1 amide bonds. The molecule has 112 valence electrons. The zero-order chi connectivity index (χ0) is 15.2. The van der Waals surface area contributed by atoms with E-state index in [-0.39, 0.29) is 6.09 Å². The Kier molecular flexibility index (Phi) is 6.05. The van der Waals surface area contributed by atoms with E-state index in [0.29, 0.717) is 5.92 Å². The van der Waals surface area contributed by atoms with E-state index in [2.05, 4.69) is 12.1 Å². The SMILES string of the molecule is CC.CC(C)(C)OC(=O)N1CCC(c2ccccc2)C1. The van der Waals surface area contributed by atoms with Gasteiger partial charge in [0.15, 0.2) is 0 Å².